The highest BCUT2D eigenvalue weighted by Crippen LogP contribution is 2.19. The fourth-order valence-electron chi connectivity index (χ4n) is 2.29. The molecule has 0 amide bonds. The first-order chi connectivity index (χ1) is 8.89. The highest BCUT2D eigenvalue weighted by atomic mass is 32.2. The minimum absolute atomic E-state index is 0.115. The molecule has 2 rings (SSSR count). The summed E-state index contributed by atoms with van der Waals surface area (Å²) < 4.78 is 39.8. The Morgan fingerprint density at radius 1 is 1.26 bits per heavy atom. The Bertz CT molecular complexity index is 522. The molecule has 1 fully saturated rings. The first-order valence-corrected chi connectivity index (χ1v) is 8.01. The number of hydrogen-bond donors (Lipinski definition) is 2. The van der Waals surface area contributed by atoms with Gasteiger partial charge < -0.3 is 5.32 Å². The van der Waals surface area contributed by atoms with Crippen LogP contribution in [0, 0.1) is 5.82 Å². The van der Waals surface area contributed by atoms with E-state index in [1.54, 1.807) is 0 Å². The molecule has 1 aliphatic heterocycles. The van der Waals surface area contributed by atoms with Gasteiger partial charge in [-0.2, -0.15) is 0 Å². The number of nitrogens with one attached hydrogen (secondary N) is 2. The van der Waals surface area contributed by atoms with E-state index in [-0.39, 0.29) is 17.1 Å². The number of piperidine rings is 1. The smallest absolute Gasteiger partial charge is 0.216 e. The van der Waals surface area contributed by atoms with Gasteiger partial charge in [0.15, 0.2) is 0 Å². The van der Waals surface area contributed by atoms with Gasteiger partial charge in [-0.05, 0) is 50.6 Å². The monoisotopic (exact) mass is 286 g/mol. The zero-order chi connectivity index (χ0) is 13.9. The third-order valence-corrected chi connectivity index (χ3v) is 4.90. The van der Waals surface area contributed by atoms with Crippen molar-refractivity contribution in [3.05, 3.63) is 35.6 Å². The summed E-state index contributed by atoms with van der Waals surface area (Å²) in [5.74, 6) is -0.476. The molecule has 6 heteroatoms. The summed E-state index contributed by atoms with van der Waals surface area (Å²) in [6, 6.07) is 5.55. The maximum absolute atomic E-state index is 12.8. The van der Waals surface area contributed by atoms with Gasteiger partial charge in [0, 0.05) is 5.54 Å². The van der Waals surface area contributed by atoms with Gasteiger partial charge in [-0.1, -0.05) is 12.1 Å². The molecule has 1 heterocycles. The van der Waals surface area contributed by atoms with E-state index < -0.39 is 10.0 Å². The Morgan fingerprint density at radius 2 is 1.84 bits per heavy atom. The first kappa shape index (κ1) is 14.4. The lowest BCUT2D eigenvalue weighted by Crippen LogP contribution is -2.52. The molecule has 0 aliphatic carbocycles. The van der Waals surface area contributed by atoms with E-state index in [1.807, 2.05) is 6.92 Å². The van der Waals surface area contributed by atoms with Gasteiger partial charge in [0.05, 0.1) is 5.75 Å². The van der Waals surface area contributed by atoms with Crippen molar-refractivity contribution >= 4 is 10.0 Å². The quantitative estimate of drug-likeness (QED) is 0.879. The van der Waals surface area contributed by atoms with Crippen molar-refractivity contribution in [2.24, 2.45) is 0 Å². The number of sulfonamides is 1. The molecule has 4 nitrogen and oxygen atoms in total. The van der Waals surface area contributed by atoms with Gasteiger partial charge >= 0.3 is 0 Å². The highest BCUT2D eigenvalue weighted by Gasteiger charge is 2.31. The van der Waals surface area contributed by atoms with Crippen molar-refractivity contribution in [2.75, 3.05) is 13.1 Å². The molecule has 19 heavy (non-hydrogen) atoms. The summed E-state index contributed by atoms with van der Waals surface area (Å²) in [5.41, 5.74) is 0.204. The van der Waals surface area contributed by atoms with E-state index in [4.69, 9.17) is 0 Å². The van der Waals surface area contributed by atoms with Gasteiger partial charge in [-0.25, -0.2) is 17.5 Å². The van der Waals surface area contributed by atoms with E-state index in [2.05, 4.69) is 10.0 Å². The van der Waals surface area contributed by atoms with E-state index in [0.29, 0.717) is 5.56 Å². The third kappa shape index (κ3) is 4.26. The molecule has 1 aromatic rings. The van der Waals surface area contributed by atoms with Crippen LogP contribution in [0.1, 0.15) is 25.3 Å². The fourth-order valence-corrected chi connectivity index (χ4v) is 3.95. The van der Waals surface area contributed by atoms with Crippen molar-refractivity contribution in [1.82, 2.24) is 10.0 Å². The van der Waals surface area contributed by atoms with Crippen molar-refractivity contribution in [1.29, 1.82) is 0 Å². The zero-order valence-electron chi connectivity index (χ0n) is 10.9. The molecule has 0 aromatic heterocycles. The van der Waals surface area contributed by atoms with Crippen LogP contribution in [0.15, 0.2) is 24.3 Å². The Labute approximate surface area is 113 Å². The lowest BCUT2D eigenvalue weighted by atomic mass is 9.92. The van der Waals surface area contributed by atoms with E-state index in [1.165, 1.54) is 24.3 Å². The van der Waals surface area contributed by atoms with E-state index in [9.17, 15) is 12.8 Å². The molecular weight excluding hydrogens is 267 g/mol. The molecular formula is C13H19FN2O2S. The average molecular weight is 286 g/mol. The van der Waals surface area contributed by atoms with Gasteiger partial charge in [0.2, 0.25) is 10.0 Å². The van der Waals surface area contributed by atoms with Gasteiger partial charge in [-0.3, -0.25) is 0 Å². The molecule has 0 bridgehead atoms. The Hall–Kier alpha value is -0.980. The van der Waals surface area contributed by atoms with Crippen molar-refractivity contribution < 1.29 is 12.8 Å². The van der Waals surface area contributed by atoms with Crippen LogP contribution in [0.4, 0.5) is 4.39 Å². The molecule has 0 spiro atoms. The maximum atomic E-state index is 12.8. The standard InChI is InChI=1S/C13H19FN2O2S/c1-13(6-8-15-9-7-13)16-19(17,18)10-11-2-4-12(14)5-3-11/h2-5,15-16H,6-10H2,1H3. The average Bonchev–Trinajstić information content (AvgIpc) is 2.31. The highest BCUT2D eigenvalue weighted by molar-refractivity contribution is 7.88. The van der Waals surface area contributed by atoms with E-state index >= 15 is 0 Å². The van der Waals surface area contributed by atoms with Gasteiger partial charge in [0.1, 0.15) is 5.82 Å². The Morgan fingerprint density at radius 3 is 2.42 bits per heavy atom. The summed E-state index contributed by atoms with van der Waals surface area (Å²) in [6.45, 7) is 3.56. The van der Waals surface area contributed by atoms with Crippen molar-refractivity contribution in [3.8, 4) is 0 Å². The zero-order valence-corrected chi connectivity index (χ0v) is 11.8. The number of hydrogen-bond acceptors (Lipinski definition) is 3. The Kier molecular flexibility index (Phi) is 4.23. The molecule has 2 N–H and O–H groups in total. The summed E-state index contributed by atoms with van der Waals surface area (Å²) in [6.07, 6.45) is 1.55. The SMILES string of the molecule is CC1(NS(=O)(=O)Cc2ccc(F)cc2)CCNCC1. The predicted molar refractivity (Wildman–Crippen MR) is 72.7 cm³/mol. The normalized spacial score (nSPS) is 19.3. The number of rotatable bonds is 4. The van der Waals surface area contributed by atoms with Crippen LogP contribution in [0.5, 0.6) is 0 Å². The van der Waals surface area contributed by atoms with Crippen LogP contribution in [0.25, 0.3) is 0 Å². The largest absolute Gasteiger partial charge is 0.317 e. The molecule has 0 unspecified atom stereocenters. The second-order valence-corrected chi connectivity index (χ2v) is 7.02. The van der Waals surface area contributed by atoms with Crippen molar-refractivity contribution in [3.63, 3.8) is 0 Å². The van der Waals surface area contributed by atoms with Crippen LogP contribution in [0.3, 0.4) is 0 Å². The van der Waals surface area contributed by atoms with Crippen LogP contribution >= 0.6 is 0 Å². The predicted octanol–water partition coefficient (Wildman–Crippen LogP) is 1.39. The summed E-state index contributed by atoms with van der Waals surface area (Å²) >= 11 is 0. The molecule has 1 aromatic carbocycles. The maximum Gasteiger partial charge on any atom is 0.216 e. The first-order valence-electron chi connectivity index (χ1n) is 6.35. The second kappa shape index (κ2) is 5.56. The lowest BCUT2D eigenvalue weighted by molar-refractivity contribution is 0.308. The van der Waals surface area contributed by atoms with Crippen LogP contribution in [-0.2, 0) is 15.8 Å². The molecule has 0 saturated carbocycles. The molecule has 106 valence electrons. The lowest BCUT2D eigenvalue weighted by Gasteiger charge is -2.34. The molecule has 0 atom stereocenters. The van der Waals surface area contributed by atoms with Crippen LogP contribution < -0.4 is 10.0 Å². The summed E-state index contributed by atoms with van der Waals surface area (Å²) in [7, 11) is -3.41. The summed E-state index contributed by atoms with van der Waals surface area (Å²) in [4.78, 5) is 0. The van der Waals surface area contributed by atoms with E-state index in [0.717, 1.165) is 25.9 Å². The minimum Gasteiger partial charge on any atom is -0.317 e. The fraction of sp³-hybridized carbons (Fsp3) is 0.538. The number of benzene rings is 1. The van der Waals surface area contributed by atoms with Crippen molar-refractivity contribution in [2.45, 2.75) is 31.1 Å². The van der Waals surface area contributed by atoms with Crippen LogP contribution in [-0.4, -0.2) is 27.0 Å². The molecule has 1 saturated heterocycles. The molecule has 0 radical (unpaired) electrons. The van der Waals surface area contributed by atoms with Gasteiger partial charge in [-0.15, -0.1) is 0 Å². The Balaban J connectivity index is 2.04. The second-order valence-electron chi connectivity index (χ2n) is 5.30. The summed E-state index contributed by atoms with van der Waals surface area (Å²) in [5, 5.41) is 3.21. The minimum atomic E-state index is -3.41. The third-order valence-electron chi connectivity index (χ3n) is 3.38. The number of halogens is 1. The topological polar surface area (TPSA) is 58.2 Å². The molecule has 1 aliphatic rings. The van der Waals surface area contributed by atoms with Crippen LogP contribution in [0.2, 0.25) is 0 Å². The van der Waals surface area contributed by atoms with Gasteiger partial charge in [0.25, 0.3) is 0 Å².